The van der Waals surface area contributed by atoms with Crippen LogP contribution in [0, 0.1) is 5.92 Å². The SMILES string of the molecule is CC(C)C[C@@H](Nc1cnc(C=CC(=O)NO)cn1)C(=O)NC1CCCC1. The summed E-state index contributed by atoms with van der Waals surface area (Å²) in [5.74, 6) is 0.209. The van der Waals surface area contributed by atoms with Gasteiger partial charge in [0.2, 0.25) is 5.91 Å². The molecule has 1 aromatic heterocycles. The van der Waals surface area contributed by atoms with E-state index in [0.717, 1.165) is 18.9 Å². The Kier molecular flexibility index (Phi) is 7.53. The van der Waals surface area contributed by atoms with Crippen LogP contribution in [-0.2, 0) is 9.59 Å². The lowest BCUT2D eigenvalue weighted by molar-refractivity contribution is -0.124. The van der Waals surface area contributed by atoms with E-state index in [1.54, 1.807) is 0 Å². The van der Waals surface area contributed by atoms with Crippen LogP contribution in [-0.4, -0.2) is 39.1 Å². The fourth-order valence-electron chi connectivity index (χ4n) is 2.95. The second-order valence-corrected chi connectivity index (χ2v) is 6.95. The zero-order valence-corrected chi connectivity index (χ0v) is 15.2. The molecule has 8 heteroatoms. The van der Waals surface area contributed by atoms with Gasteiger partial charge in [-0.3, -0.25) is 19.8 Å². The number of nitrogens with zero attached hydrogens (tertiary/aromatic N) is 2. The molecular weight excluding hydrogens is 334 g/mol. The van der Waals surface area contributed by atoms with Crippen molar-refractivity contribution in [3.05, 3.63) is 24.2 Å². The maximum absolute atomic E-state index is 12.6. The maximum Gasteiger partial charge on any atom is 0.267 e. The monoisotopic (exact) mass is 361 g/mol. The summed E-state index contributed by atoms with van der Waals surface area (Å²) in [5.41, 5.74) is 1.97. The quantitative estimate of drug-likeness (QED) is 0.319. The predicted molar refractivity (Wildman–Crippen MR) is 98.3 cm³/mol. The first-order valence-corrected chi connectivity index (χ1v) is 8.99. The fraction of sp³-hybridized carbons (Fsp3) is 0.556. The number of amides is 2. The van der Waals surface area contributed by atoms with Crippen molar-refractivity contribution in [1.82, 2.24) is 20.8 Å². The molecule has 0 radical (unpaired) electrons. The third-order valence-electron chi connectivity index (χ3n) is 4.23. The number of hydrogen-bond donors (Lipinski definition) is 4. The van der Waals surface area contributed by atoms with Crippen LogP contribution >= 0.6 is 0 Å². The number of anilines is 1. The standard InChI is InChI=1S/C18H27N5O3/c1-12(2)9-15(18(25)21-13-5-3-4-6-13)22-16-11-19-14(10-20-16)7-8-17(24)23-26/h7-8,10-13,15,26H,3-6,9H2,1-2H3,(H,20,22)(H,21,25)(H,23,24)/t15-/m1/s1. The van der Waals surface area contributed by atoms with Gasteiger partial charge < -0.3 is 10.6 Å². The number of carbonyl (C=O) groups excluding carboxylic acids is 2. The van der Waals surface area contributed by atoms with Gasteiger partial charge in [0, 0.05) is 12.1 Å². The van der Waals surface area contributed by atoms with Gasteiger partial charge in [0.15, 0.2) is 0 Å². The van der Waals surface area contributed by atoms with Crippen molar-refractivity contribution < 1.29 is 14.8 Å². The van der Waals surface area contributed by atoms with Crippen LogP contribution in [0.5, 0.6) is 0 Å². The lowest BCUT2D eigenvalue weighted by Crippen LogP contribution is -2.44. The number of hydrogen-bond acceptors (Lipinski definition) is 6. The lowest BCUT2D eigenvalue weighted by atomic mass is 10.0. The Morgan fingerprint density at radius 2 is 2.00 bits per heavy atom. The van der Waals surface area contributed by atoms with Gasteiger partial charge in [-0.2, -0.15) is 0 Å². The van der Waals surface area contributed by atoms with Crippen molar-refractivity contribution in [1.29, 1.82) is 0 Å². The molecule has 26 heavy (non-hydrogen) atoms. The van der Waals surface area contributed by atoms with E-state index in [9.17, 15) is 9.59 Å². The van der Waals surface area contributed by atoms with Gasteiger partial charge in [-0.1, -0.05) is 26.7 Å². The first kappa shape index (κ1) is 19.8. The third kappa shape index (κ3) is 6.44. The summed E-state index contributed by atoms with van der Waals surface area (Å²) in [6.45, 7) is 4.15. The lowest BCUT2D eigenvalue weighted by Gasteiger charge is -2.22. The van der Waals surface area contributed by atoms with Gasteiger partial charge in [0.25, 0.3) is 5.91 Å². The van der Waals surface area contributed by atoms with Crippen molar-refractivity contribution in [2.24, 2.45) is 5.92 Å². The van der Waals surface area contributed by atoms with E-state index in [2.05, 4.69) is 34.4 Å². The number of hydroxylamine groups is 1. The molecule has 2 amide bonds. The van der Waals surface area contributed by atoms with Gasteiger partial charge in [-0.05, 0) is 31.3 Å². The third-order valence-corrected chi connectivity index (χ3v) is 4.23. The molecule has 0 saturated heterocycles. The number of aromatic nitrogens is 2. The minimum absolute atomic E-state index is 0.00371. The normalized spacial score (nSPS) is 16.0. The van der Waals surface area contributed by atoms with Gasteiger partial charge >= 0.3 is 0 Å². The minimum atomic E-state index is -0.644. The Morgan fingerprint density at radius 1 is 1.27 bits per heavy atom. The largest absolute Gasteiger partial charge is 0.357 e. The Morgan fingerprint density at radius 3 is 2.58 bits per heavy atom. The van der Waals surface area contributed by atoms with E-state index in [1.807, 2.05) is 0 Å². The highest BCUT2D eigenvalue weighted by Gasteiger charge is 2.24. The Labute approximate surface area is 153 Å². The zero-order valence-electron chi connectivity index (χ0n) is 15.2. The molecule has 1 fully saturated rings. The zero-order chi connectivity index (χ0) is 18.9. The van der Waals surface area contributed by atoms with Crippen molar-refractivity contribution in [3.63, 3.8) is 0 Å². The first-order valence-electron chi connectivity index (χ1n) is 8.99. The van der Waals surface area contributed by atoms with Crippen LogP contribution in [0.15, 0.2) is 18.5 Å². The molecule has 1 aromatic rings. The fourth-order valence-corrected chi connectivity index (χ4v) is 2.95. The summed E-state index contributed by atoms with van der Waals surface area (Å²) in [6.07, 6.45) is 10.7. The highest BCUT2D eigenvalue weighted by atomic mass is 16.5. The van der Waals surface area contributed by atoms with E-state index in [0.29, 0.717) is 23.9 Å². The van der Waals surface area contributed by atoms with Crippen molar-refractivity contribution in [2.45, 2.75) is 58.0 Å². The molecule has 0 unspecified atom stereocenters. The molecule has 0 aromatic carbocycles. The summed E-state index contributed by atoms with van der Waals surface area (Å²) in [4.78, 5) is 32.0. The minimum Gasteiger partial charge on any atom is -0.357 e. The van der Waals surface area contributed by atoms with E-state index in [4.69, 9.17) is 5.21 Å². The number of carbonyl (C=O) groups is 2. The van der Waals surface area contributed by atoms with E-state index >= 15 is 0 Å². The molecule has 0 bridgehead atoms. The summed E-state index contributed by atoms with van der Waals surface area (Å²) < 4.78 is 0. The number of nitrogens with one attached hydrogen (secondary N) is 3. The molecule has 0 aliphatic heterocycles. The molecule has 0 spiro atoms. The Balaban J connectivity index is 1.99. The van der Waals surface area contributed by atoms with Crippen molar-refractivity contribution >= 4 is 23.7 Å². The molecule has 1 atom stereocenters. The summed E-state index contributed by atoms with van der Waals surface area (Å²) in [5, 5.41) is 14.7. The van der Waals surface area contributed by atoms with Crippen LogP contribution in [0.1, 0.15) is 51.6 Å². The van der Waals surface area contributed by atoms with Gasteiger partial charge in [0.05, 0.1) is 18.1 Å². The van der Waals surface area contributed by atoms with Crippen molar-refractivity contribution in [2.75, 3.05) is 5.32 Å². The summed E-state index contributed by atoms with van der Waals surface area (Å²) >= 11 is 0. The average Bonchev–Trinajstić information content (AvgIpc) is 3.12. The van der Waals surface area contributed by atoms with E-state index in [1.165, 1.54) is 36.8 Å². The summed E-state index contributed by atoms with van der Waals surface area (Å²) in [7, 11) is 0. The molecule has 142 valence electrons. The molecule has 1 aliphatic rings. The van der Waals surface area contributed by atoms with Gasteiger partial charge in [0.1, 0.15) is 11.9 Å². The maximum atomic E-state index is 12.6. The highest BCUT2D eigenvalue weighted by Crippen LogP contribution is 2.19. The molecular formula is C18H27N5O3. The van der Waals surface area contributed by atoms with Crippen molar-refractivity contribution in [3.8, 4) is 0 Å². The number of rotatable bonds is 8. The average molecular weight is 361 g/mol. The van der Waals surface area contributed by atoms with Crippen LogP contribution < -0.4 is 16.1 Å². The van der Waals surface area contributed by atoms with E-state index < -0.39 is 5.91 Å². The molecule has 1 saturated carbocycles. The smallest absolute Gasteiger partial charge is 0.267 e. The Bertz CT molecular complexity index is 624. The van der Waals surface area contributed by atoms with Crippen LogP contribution in [0.4, 0.5) is 5.82 Å². The predicted octanol–water partition coefficient (Wildman–Crippen LogP) is 1.88. The topological polar surface area (TPSA) is 116 Å². The second-order valence-electron chi connectivity index (χ2n) is 6.95. The first-order chi connectivity index (χ1) is 12.5. The molecule has 1 aliphatic carbocycles. The van der Waals surface area contributed by atoms with Crippen LogP contribution in [0.2, 0.25) is 0 Å². The van der Waals surface area contributed by atoms with Crippen LogP contribution in [0.3, 0.4) is 0 Å². The molecule has 1 heterocycles. The molecule has 4 N–H and O–H groups in total. The molecule has 2 rings (SSSR count). The second kappa shape index (κ2) is 9.86. The van der Waals surface area contributed by atoms with Crippen LogP contribution in [0.25, 0.3) is 6.08 Å². The van der Waals surface area contributed by atoms with Gasteiger partial charge in [-0.25, -0.2) is 10.5 Å². The Hall–Kier alpha value is -2.48. The van der Waals surface area contributed by atoms with Gasteiger partial charge in [-0.15, -0.1) is 0 Å². The summed E-state index contributed by atoms with van der Waals surface area (Å²) in [6, 6.07) is -0.0957. The molecule has 8 nitrogen and oxygen atoms in total. The highest BCUT2D eigenvalue weighted by molar-refractivity contribution is 5.90. The van der Waals surface area contributed by atoms with E-state index in [-0.39, 0.29) is 18.0 Å².